The molecule has 0 saturated carbocycles. The average Bonchev–Trinajstić information content (AvgIpc) is 2.36. The minimum absolute atomic E-state index is 0.0674. The van der Waals surface area contributed by atoms with Crippen LogP contribution in [0.15, 0.2) is 29.2 Å². The van der Waals surface area contributed by atoms with E-state index in [1.165, 1.54) is 31.2 Å². The number of hydrogen-bond acceptors (Lipinski definition) is 4. The van der Waals surface area contributed by atoms with E-state index in [2.05, 4.69) is 5.32 Å². The Hall–Kier alpha value is -1.89. The number of amides is 2. The van der Waals surface area contributed by atoms with E-state index in [-0.39, 0.29) is 16.6 Å². The van der Waals surface area contributed by atoms with Gasteiger partial charge in [0.1, 0.15) is 0 Å². The fourth-order valence-corrected chi connectivity index (χ4v) is 2.31. The number of sulfonamides is 1. The van der Waals surface area contributed by atoms with E-state index in [0.29, 0.717) is 12.1 Å². The summed E-state index contributed by atoms with van der Waals surface area (Å²) in [6.07, 6.45) is 0. The molecule has 0 aromatic heterocycles. The van der Waals surface area contributed by atoms with Crippen LogP contribution in [-0.4, -0.2) is 26.8 Å². The van der Waals surface area contributed by atoms with Crippen molar-refractivity contribution in [2.45, 2.75) is 25.7 Å². The number of urea groups is 1. The zero-order valence-corrected chi connectivity index (χ0v) is 12.5. The normalized spacial score (nSPS) is 11.2. The number of hydrogen-bond donors (Lipinski definition) is 2. The van der Waals surface area contributed by atoms with E-state index < -0.39 is 16.1 Å². The van der Waals surface area contributed by atoms with Gasteiger partial charge < -0.3 is 5.32 Å². The second-order valence-corrected chi connectivity index (χ2v) is 6.47. The van der Waals surface area contributed by atoms with Crippen molar-refractivity contribution in [3.05, 3.63) is 29.8 Å². The van der Waals surface area contributed by atoms with Crippen LogP contribution in [0.5, 0.6) is 0 Å². The van der Waals surface area contributed by atoms with Gasteiger partial charge in [0.2, 0.25) is 0 Å². The maximum atomic E-state index is 11.9. The SMILES string of the molecule is CC(=O)c1ccc(S(=O)(=O)NC(=O)NCC(C)C)cc1. The topological polar surface area (TPSA) is 92.3 Å². The Labute approximate surface area is 118 Å². The van der Waals surface area contributed by atoms with Crippen molar-refractivity contribution in [3.63, 3.8) is 0 Å². The Kier molecular flexibility index (Phi) is 5.26. The molecule has 0 aliphatic rings. The van der Waals surface area contributed by atoms with Gasteiger partial charge in [0.15, 0.2) is 5.78 Å². The van der Waals surface area contributed by atoms with E-state index in [0.717, 1.165) is 0 Å². The molecule has 0 spiro atoms. The van der Waals surface area contributed by atoms with Gasteiger partial charge in [-0.3, -0.25) is 4.79 Å². The number of ketones is 1. The van der Waals surface area contributed by atoms with E-state index in [9.17, 15) is 18.0 Å². The van der Waals surface area contributed by atoms with Crippen LogP contribution in [0.4, 0.5) is 4.79 Å². The Morgan fingerprint density at radius 2 is 1.70 bits per heavy atom. The maximum absolute atomic E-state index is 11.9. The van der Waals surface area contributed by atoms with Gasteiger partial charge in [-0.05, 0) is 25.0 Å². The number of rotatable bonds is 5. The monoisotopic (exact) mass is 298 g/mol. The Morgan fingerprint density at radius 3 is 2.15 bits per heavy atom. The molecule has 0 unspecified atom stereocenters. The number of carbonyl (C=O) groups is 2. The second-order valence-electron chi connectivity index (χ2n) is 4.79. The highest BCUT2D eigenvalue weighted by atomic mass is 32.2. The highest BCUT2D eigenvalue weighted by Gasteiger charge is 2.17. The van der Waals surface area contributed by atoms with E-state index in [1.54, 1.807) is 0 Å². The molecule has 20 heavy (non-hydrogen) atoms. The summed E-state index contributed by atoms with van der Waals surface area (Å²) in [5.74, 6) is 0.0647. The van der Waals surface area contributed by atoms with Gasteiger partial charge in [0, 0.05) is 12.1 Å². The van der Waals surface area contributed by atoms with Gasteiger partial charge in [-0.2, -0.15) is 0 Å². The lowest BCUT2D eigenvalue weighted by molar-refractivity contribution is 0.101. The molecule has 6 nitrogen and oxygen atoms in total. The summed E-state index contributed by atoms with van der Waals surface area (Å²) in [5, 5.41) is 2.45. The molecular weight excluding hydrogens is 280 g/mol. The molecule has 0 saturated heterocycles. The van der Waals surface area contributed by atoms with Gasteiger partial charge in [-0.15, -0.1) is 0 Å². The van der Waals surface area contributed by atoms with Crippen molar-refractivity contribution < 1.29 is 18.0 Å². The molecule has 1 rings (SSSR count). The number of carbonyl (C=O) groups excluding carboxylic acids is 2. The molecule has 0 fully saturated rings. The van der Waals surface area contributed by atoms with Crippen molar-refractivity contribution in [3.8, 4) is 0 Å². The highest BCUT2D eigenvalue weighted by Crippen LogP contribution is 2.10. The molecule has 0 heterocycles. The molecule has 0 bridgehead atoms. The van der Waals surface area contributed by atoms with Crippen LogP contribution in [0.25, 0.3) is 0 Å². The first-order valence-corrected chi connectivity index (χ1v) is 7.62. The van der Waals surface area contributed by atoms with Crippen molar-refractivity contribution in [2.24, 2.45) is 5.92 Å². The summed E-state index contributed by atoms with van der Waals surface area (Å²) in [4.78, 5) is 22.5. The van der Waals surface area contributed by atoms with Crippen LogP contribution < -0.4 is 10.0 Å². The molecule has 7 heteroatoms. The molecular formula is C13H18N2O4S. The smallest absolute Gasteiger partial charge is 0.328 e. The van der Waals surface area contributed by atoms with Crippen LogP contribution in [0.3, 0.4) is 0 Å². The zero-order valence-electron chi connectivity index (χ0n) is 11.6. The van der Waals surface area contributed by atoms with Crippen LogP contribution in [-0.2, 0) is 10.0 Å². The van der Waals surface area contributed by atoms with E-state index in [4.69, 9.17) is 0 Å². The van der Waals surface area contributed by atoms with Crippen molar-refractivity contribution >= 4 is 21.8 Å². The molecule has 0 aliphatic heterocycles. The molecule has 0 aliphatic carbocycles. The number of benzene rings is 1. The summed E-state index contributed by atoms with van der Waals surface area (Å²) in [5.41, 5.74) is 0.410. The lowest BCUT2D eigenvalue weighted by Crippen LogP contribution is -2.40. The summed E-state index contributed by atoms with van der Waals surface area (Å²) in [6.45, 7) is 5.57. The van der Waals surface area contributed by atoms with Gasteiger partial charge in [-0.1, -0.05) is 26.0 Å². The predicted octanol–water partition coefficient (Wildman–Crippen LogP) is 1.53. The largest absolute Gasteiger partial charge is 0.337 e. The van der Waals surface area contributed by atoms with E-state index >= 15 is 0 Å². The Morgan fingerprint density at radius 1 is 1.15 bits per heavy atom. The summed E-state index contributed by atoms with van der Waals surface area (Å²) >= 11 is 0. The minimum atomic E-state index is -3.92. The van der Waals surface area contributed by atoms with Crippen LogP contribution in [0.1, 0.15) is 31.1 Å². The lowest BCUT2D eigenvalue weighted by atomic mass is 10.2. The lowest BCUT2D eigenvalue weighted by Gasteiger charge is -2.10. The molecule has 1 aromatic rings. The van der Waals surface area contributed by atoms with Crippen molar-refractivity contribution in [1.82, 2.24) is 10.0 Å². The molecule has 2 amide bonds. The van der Waals surface area contributed by atoms with Crippen molar-refractivity contribution in [2.75, 3.05) is 6.54 Å². The Balaban J connectivity index is 2.78. The highest BCUT2D eigenvalue weighted by molar-refractivity contribution is 7.90. The first-order chi connectivity index (χ1) is 9.22. The third-order valence-electron chi connectivity index (χ3n) is 2.47. The maximum Gasteiger partial charge on any atom is 0.328 e. The molecule has 2 N–H and O–H groups in total. The first kappa shape index (κ1) is 16.2. The van der Waals surface area contributed by atoms with Gasteiger partial charge in [0.25, 0.3) is 10.0 Å². The third-order valence-corrected chi connectivity index (χ3v) is 3.82. The zero-order chi connectivity index (χ0) is 15.3. The molecule has 1 aromatic carbocycles. The third kappa shape index (κ3) is 4.65. The predicted molar refractivity (Wildman–Crippen MR) is 75.0 cm³/mol. The number of Topliss-reactive ketones (excluding diaryl/α,β-unsaturated/α-hetero) is 1. The summed E-state index contributed by atoms with van der Waals surface area (Å²) in [6, 6.07) is 4.62. The quantitative estimate of drug-likeness (QED) is 0.806. The van der Waals surface area contributed by atoms with Gasteiger partial charge >= 0.3 is 6.03 Å². The average molecular weight is 298 g/mol. The second kappa shape index (κ2) is 6.51. The fourth-order valence-electron chi connectivity index (χ4n) is 1.38. The van der Waals surface area contributed by atoms with Crippen LogP contribution in [0.2, 0.25) is 0 Å². The van der Waals surface area contributed by atoms with Gasteiger partial charge in [-0.25, -0.2) is 17.9 Å². The standard InChI is InChI=1S/C13H18N2O4S/c1-9(2)8-14-13(17)15-20(18,19)12-6-4-11(5-7-12)10(3)16/h4-7,9H,8H2,1-3H3,(H2,14,15,17). The Bertz CT molecular complexity index is 591. The van der Waals surface area contributed by atoms with Crippen molar-refractivity contribution in [1.29, 1.82) is 0 Å². The fraction of sp³-hybridized carbons (Fsp3) is 0.385. The number of nitrogens with one attached hydrogen (secondary N) is 2. The molecule has 0 atom stereocenters. The van der Waals surface area contributed by atoms with E-state index in [1.807, 2.05) is 18.6 Å². The molecule has 110 valence electrons. The van der Waals surface area contributed by atoms with Crippen LogP contribution in [0, 0.1) is 5.92 Å². The van der Waals surface area contributed by atoms with Crippen LogP contribution >= 0.6 is 0 Å². The summed E-state index contributed by atoms with van der Waals surface area (Å²) in [7, 11) is -3.92. The first-order valence-electron chi connectivity index (χ1n) is 6.14. The summed E-state index contributed by atoms with van der Waals surface area (Å²) < 4.78 is 25.7. The minimum Gasteiger partial charge on any atom is -0.337 e. The molecule has 0 radical (unpaired) electrons. The van der Waals surface area contributed by atoms with Gasteiger partial charge in [0.05, 0.1) is 4.90 Å².